The molecule has 2 unspecified atom stereocenters. The minimum absolute atomic E-state index is 0.0226. The largest absolute Gasteiger partial charge is 0.490 e. The summed E-state index contributed by atoms with van der Waals surface area (Å²) < 4.78 is 85.6. The van der Waals surface area contributed by atoms with E-state index >= 15 is 0 Å². The van der Waals surface area contributed by atoms with E-state index < -0.39 is 29.4 Å². The van der Waals surface area contributed by atoms with Gasteiger partial charge in [-0.1, -0.05) is 12.1 Å². The van der Waals surface area contributed by atoms with Gasteiger partial charge in [0, 0.05) is 26.1 Å². The van der Waals surface area contributed by atoms with Gasteiger partial charge in [0.15, 0.2) is 0 Å². The number of likely N-dealkylation sites (tertiary alicyclic amines) is 1. The maximum absolute atomic E-state index is 13.4. The number of nitrogens with zero attached hydrogens (tertiary/aromatic N) is 1. The number of carboxylic acids is 1. The fourth-order valence-corrected chi connectivity index (χ4v) is 5.20. The Kier molecular flexibility index (Phi) is 7.04. The second-order valence-electron chi connectivity index (χ2n) is 9.33. The van der Waals surface area contributed by atoms with E-state index in [4.69, 9.17) is 9.84 Å². The lowest BCUT2D eigenvalue weighted by Crippen LogP contribution is -2.26. The molecule has 1 saturated carbocycles. The quantitative estimate of drug-likeness (QED) is 0.471. The van der Waals surface area contributed by atoms with E-state index in [0.29, 0.717) is 56.3 Å². The number of halogens is 6. The zero-order valence-corrected chi connectivity index (χ0v) is 18.7. The van der Waals surface area contributed by atoms with Gasteiger partial charge in [-0.25, -0.2) is 0 Å². The number of carboxylic acid groups (broad SMARTS) is 1. The van der Waals surface area contributed by atoms with Crippen LogP contribution in [0.1, 0.15) is 41.5 Å². The molecule has 190 valence electrons. The molecule has 1 aliphatic heterocycles. The van der Waals surface area contributed by atoms with Crippen LogP contribution in [0.5, 0.6) is 5.75 Å². The van der Waals surface area contributed by atoms with Crippen molar-refractivity contribution in [3.63, 3.8) is 0 Å². The van der Waals surface area contributed by atoms with Crippen LogP contribution in [0.25, 0.3) is 0 Å². The number of aliphatic carboxylic acids is 1. The summed E-state index contributed by atoms with van der Waals surface area (Å²) in [6.45, 7) is 0.802. The molecule has 4 nitrogen and oxygen atoms in total. The number of hydrogen-bond donors (Lipinski definition) is 1. The van der Waals surface area contributed by atoms with E-state index in [1.165, 1.54) is 0 Å². The van der Waals surface area contributed by atoms with Gasteiger partial charge in [-0.3, -0.25) is 9.69 Å². The molecular formula is C25H25F6NO3. The van der Waals surface area contributed by atoms with Crippen molar-refractivity contribution >= 4 is 5.97 Å². The minimum Gasteiger partial charge on any atom is -0.490 e. The van der Waals surface area contributed by atoms with Crippen LogP contribution in [0, 0.1) is 11.8 Å². The maximum atomic E-state index is 13.4. The Labute approximate surface area is 198 Å². The summed E-state index contributed by atoms with van der Waals surface area (Å²) in [5.41, 5.74) is -1.63. The van der Waals surface area contributed by atoms with E-state index in [2.05, 4.69) is 0 Å². The highest BCUT2D eigenvalue weighted by Gasteiger charge is 2.43. The van der Waals surface area contributed by atoms with E-state index in [-0.39, 0.29) is 36.5 Å². The number of carbonyl (C=O) groups is 1. The lowest BCUT2D eigenvalue weighted by atomic mass is 10.0. The van der Waals surface area contributed by atoms with Crippen molar-refractivity contribution in [2.45, 2.75) is 50.7 Å². The van der Waals surface area contributed by atoms with Gasteiger partial charge in [-0.2, -0.15) is 26.3 Å². The Morgan fingerprint density at radius 3 is 2.26 bits per heavy atom. The summed E-state index contributed by atoms with van der Waals surface area (Å²) >= 11 is 0. The number of fused-ring (bicyclic) bond motifs is 1. The van der Waals surface area contributed by atoms with Gasteiger partial charge in [0.1, 0.15) is 5.75 Å². The van der Waals surface area contributed by atoms with Gasteiger partial charge in [-0.15, -0.1) is 0 Å². The fourth-order valence-electron chi connectivity index (χ4n) is 5.20. The summed E-state index contributed by atoms with van der Waals surface area (Å²) in [5.74, 6) is 0.149. The third kappa shape index (κ3) is 6.28. The number of benzene rings is 2. The van der Waals surface area contributed by atoms with Gasteiger partial charge in [0.25, 0.3) is 0 Å². The Morgan fingerprint density at radius 1 is 0.971 bits per heavy atom. The molecule has 1 heterocycles. The summed E-state index contributed by atoms with van der Waals surface area (Å²) in [4.78, 5) is 12.6. The van der Waals surface area contributed by atoms with Crippen LogP contribution in [-0.2, 0) is 30.1 Å². The minimum atomic E-state index is -4.73. The number of rotatable bonds is 7. The zero-order chi connectivity index (χ0) is 25.4. The zero-order valence-electron chi connectivity index (χ0n) is 18.7. The van der Waals surface area contributed by atoms with Gasteiger partial charge in [0.2, 0.25) is 0 Å². The molecule has 2 atom stereocenters. The molecule has 2 aliphatic rings. The summed E-state index contributed by atoms with van der Waals surface area (Å²) in [5, 5.41) is 8.84. The predicted octanol–water partition coefficient (Wildman–Crippen LogP) is 6.03. The lowest BCUT2D eigenvalue weighted by Gasteiger charge is -2.22. The van der Waals surface area contributed by atoms with E-state index in [0.717, 1.165) is 5.56 Å². The van der Waals surface area contributed by atoms with Crippen LogP contribution in [0.3, 0.4) is 0 Å². The first kappa shape index (κ1) is 25.3. The molecule has 2 fully saturated rings. The van der Waals surface area contributed by atoms with Crippen molar-refractivity contribution in [1.29, 1.82) is 0 Å². The first-order valence-corrected chi connectivity index (χ1v) is 11.4. The van der Waals surface area contributed by atoms with Crippen LogP contribution in [0.2, 0.25) is 0 Å². The van der Waals surface area contributed by atoms with Crippen LogP contribution >= 0.6 is 0 Å². The second kappa shape index (κ2) is 9.72. The predicted molar refractivity (Wildman–Crippen MR) is 115 cm³/mol. The standard InChI is InChI=1S/C25H25F6NO3/c26-24(27,28)19-5-6-22(25(29,30)31)18(9-19)14-32-12-16-10-21(11-17(16)13-32)35-20-3-1-2-15(8-20)4-7-23(33)34/h1-3,5-6,8-9,16-17,21H,4,7,10-14H2,(H,33,34). The molecule has 10 heteroatoms. The molecule has 0 aromatic heterocycles. The third-order valence-corrected chi connectivity index (χ3v) is 6.74. The Morgan fingerprint density at radius 2 is 1.66 bits per heavy atom. The van der Waals surface area contributed by atoms with E-state index in [1.807, 2.05) is 12.1 Å². The van der Waals surface area contributed by atoms with E-state index in [9.17, 15) is 31.1 Å². The summed E-state index contributed by atoms with van der Waals surface area (Å²) in [7, 11) is 0. The normalized spacial score (nSPS) is 22.9. The highest BCUT2D eigenvalue weighted by Crippen LogP contribution is 2.42. The Bertz CT molecular complexity index is 1050. The van der Waals surface area contributed by atoms with Crippen molar-refractivity contribution in [3.8, 4) is 5.75 Å². The first-order chi connectivity index (χ1) is 16.4. The molecule has 0 radical (unpaired) electrons. The molecule has 0 amide bonds. The second-order valence-corrected chi connectivity index (χ2v) is 9.33. The SMILES string of the molecule is O=C(O)CCc1cccc(OC2CC3CN(Cc4cc(C(F)(F)F)ccc4C(F)(F)F)CC3C2)c1. The van der Waals surface area contributed by atoms with Crippen LogP contribution in [0.15, 0.2) is 42.5 Å². The number of ether oxygens (including phenoxy) is 1. The van der Waals surface area contributed by atoms with Crippen molar-refractivity contribution in [2.24, 2.45) is 11.8 Å². The van der Waals surface area contributed by atoms with Crippen molar-refractivity contribution in [3.05, 3.63) is 64.7 Å². The maximum Gasteiger partial charge on any atom is 0.416 e. The molecular weight excluding hydrogens is 476 g/mol. The van der Waals surface area contributed by atoms with E-state index in [1.54, 1.807) is 17.0 Å². The van der Waals surface area contributed by atoms with Gasteiger partial charge in [-0.05, 0) is 72.6 Å². The number of aryl methyl sites for hydroxylation is 1. The Balaban J connectivity index is 1.37. The van der Waals surface area contributed by atoms with Crippen molar-refractivity contribution < 1.29 is 41.0 Å². The molecule has 4 rings (SSSR count). The molecule has 2 aromatic rings. The number of hydrogen-bond acceptors (Lipinski definition) is 3. The fraction of sp³-hybridized carbons (Fsp3) is 0.480. The molecule has 0 spiro atoms. The smallest absolute Gasteiger partial charge is 0.416 e. The third-order valence-electron chi connectivity index (χ3n) is 6.74. The topological polar surface area (TPSA) is 49.8 Å². The average molecular weight is 501 g/mol. The highest BCUT2D eigenvalue weighted by molar-refractivity contribution is 5.67. The Hall–Kier alpha value is -2.75. The first-order valence-electron chi connectivity index (χ1n) is 11.4. The summed E-state index contributed by atoms with van der Waals surface area (Å²) in [6, 6.07) is 8.86. The van der Waals surface area contributed by atoms with Crippen molar-refractivity contribution in [1.82, 2.24) is 4.90 Å². The molecule has 35 heavy (non-hydrogen) atoms. The van der Waals surface area contributed by atoms with Gasteiger partial charge < -0.3 is 9.84 Å². The van der Waals surface area contributed by atoms with Crippen molar-refractivity contribution in [2.75, 3.05) is 13.1 Å². The van der Waals surface area contributed by atoms with Gasteiger partial charge in [0.05, 0.1) is 17.2 Å². The highest BCUT2D eigenvalue weighted by atomic mass is 19.4. The van der Waals surface area contributed by atoms with Crippen LogP contribution in [-0.4, -0.2) is 35.2 Å². The van der Waals surface area contributed by atoms with Gasteiger partial charge >= 0.3 is 18.3 Å². The lowest BCUT2D eigenvalue weighted by molar-refractivity contribution is -0.142. The average Bonchev–Trinajstić information content (AvgIpc) is 3.29. The molecule has 1 aliphatic carbocycles. The van der Waals surface area contributed by atoms with Crippen LogP contribution in [0.4, 0.5) is 26.3 Å². The monoisotopic (exact) mass is 501 g/mol. The molecule has 1 N–H and O–H groups in total. The van der Waals surface area contributed by atoms with Crippen LogP contribution < -0.4 is 4.74 Å². The summed E-state index contributed by atoms with van der Waals surface area (Å²) in [6.07, 6.45) is -7.68. The molecule has 1 saturated heterocycles. The number of alkyl halides is 6. The molecule has 2 aromatic carbocycles. The molecule has 0 bridgehead atoms.